The van der Waals surface area contributed by atoms with Crippen molar-refractivity contribution >= 4 is 11.8 Å². The SMILES string of the molecule is COC[C@H]1C[C@@H]2C(=O)N(C3CCCCC3)C(=O)[C@@H]2[C@@H]2C[C@@H](c3ccccc3O)O[C@]12O. The molecule has 0 radical (unpaired) electrons. The van der Waals surface area contributed by atoms with Gasteiger partial charge in [-0.2, -0.15) is 0 Å². The molecule has 2 aliphatic heterocycles. The molecule has 0 spiro atoms. The van der Waals surface area contributed by atoms with E-state index in [1.165, 1.54) is 4.90 Å². The van der Waals surface area contributed by atoms with Crippen LogP contribution in [0.15, 0.2) is 24.3 Å². The normalized spacial score (nSPS) is 38.4. The second-order valence-corrected chi connectivity index (χ2v) is 9.62. The maximum absolute atomic E-state index is 13.6. The minimum atomic E-state index is -1.57. The van der Waals surface area contributed by atoms with Crippen molar-refractivity contribution in [1.29, 1.82) is 0 Å². The lowest BCUT2D eigenvalue weighted by molar-refractivity contribution is -0.275. The van der Waals surface area contributed by atoms with E-state index in [0.717, 1.165) is 32.1 Å². The summed E-state index contributed by atoms with van der Waals surface area (Å²) in [5.74, 6) is -3.65. The Morgan fingerprint density at radius 2 is 1.87 bits per heavy atom. The molecule has 2 saturated heterocycles. The summed E-state index contributed by atoms with van der Waals surface area (Å²) in [7, 11) is 1.57. The predicted molar refractivity (Wildman–Crippen MR) is 111 cm³/mol. The number of aromatic hydroxyl groups is 1. The molecule has 0 aromatic heterocycles. The number of aliphatic hydroxyl groups is 1. The number of fused-ring (bicyclic) bond motifs is 3. The summed E-state index contributed by atoms with van der Waals surface area (Å²) in [4.78, 5) is 28.5. The zero-order valence-corrected chi connectivity index (χ0v) is 17.9. The minimum absolute atomic E-state index is 0.0235. The van der Waals surface area contributed by atoms with Gasteiger partial charge in [-0.15, -0.1) is 0 Å². The standard InChI is InChI=1S/C24H31NO6/c1-30-13-14-11-17-21(23(28)25(22(17)27)15-7-3-2-4-8-15)18-12-20(31-24(14,18)29)16-9-5-6-10-19(16)26/h5-6,9-10,14-15,17-18,20-21,26,29H,2-4,7-8,11-13H2,1H3/t14-,17+,18+,20+,21+,24-/m1/s1. The van der Waals surface area contributed by atoms with Gasteiger partial charge in [0.05, 0.1) is 24.5 Å². The summed E-state index contributed by atoms with van der Waals surface area (Å²) in [6.07, 6.45) is 5.16. The Morgan fingerprint density at radius 1 is 1.13 bits per heavy atom. The molecule has 2 amide bonds. The van der Waals surface area contributed by atoms with Gasteiger partial charge in [0.2, 0.25) is 11.8 Å². The van der Waals surface area contributed by atoms with Crippen LogP contribution in [0.1, 0.15) is 56.6 Å². The van der Waals surface area contributed by atoms with Crippen LogP contribution in [0.3, 0.4) is 0 Å². The first-order valence-corrected chi connectivity index (χ1v) is 11.5. The molecule has 0 unspecified atom stereocenters. The zero-order valence-electron chi connectivity index (χ0n) is 17.9. The van der Waals surface area contributed by atoms with Crippen molar-refractivity contribution in [2.24, 2.45) is 23.7 Å². The lowest BCUT2D eigenvalue weighted by atomic mass is 9.64. The zero-order chi connectivity index (χ0) is 21.8. The third kappa shape index (κ3) is 3.20. The number of hydrogen-bond acceptors (Lipinski definition) is 6. The number of carbonyl (C=O) groups excluding carboxylic acids is 2. The second kappa shape index (κ2) is 7.87. The van der Waals surface area contributed by atoms with E-state index in [1.54, 1.807) is 25.3 Å². The van der Waals surface area contributed by atoms with Crippen LogP contribution < -0.4 is 0 Å². The number of rotatable bonds is 4. The highest BCUT2D eigenvalue weighted by atomic mass is 16.6. The molecular weight excluding hydrogens is 398 g/mol. The third-order valence-corrected chi connectivity index (χ3v) is 7.99. The Kier molecular flexibility index (Phi) is 5.31. The van der Waals surface area contributed by atoms with E-state index in [-0.39, 0.29) is 30.2 Å². The van der Waals surface area contributed by atoms with Crippen molar-refractivity contribution in [3.63, 3.8) is 0 Å². The third-order valence-electron chi connectivity index (χ3n) is 7.99. The molecule has 4 aliphatic rings. The molecule has 168 valence electrons. The van der Waals surface area contributed by atoms with Crippen LogP contribution in [0.4, 0.5) is 0 Å². The fourth-order valence-electron chi connectivity index (χ4n) is 6.55. The van der Waals surface area contributed by atoms with Crippen LogP contribution >= 0.6 is 0 Å². The van der Waals surface area contributed by atoms with Crippen LogP contribution in [0.2, 0.25) is 0 Å². The Balaban J connectivity index is 1.49. The number of carbonyl (C=O) groups is 2. The molecule has 7 heteroatoms. The summed E-state index contributed by atoms with van der Waals surface area (Å²) in [5, 5.41) is 22.0. The van der Waals surface area contributed by atoms with Crippen molar-refractivity contribution in [3.05, 3.63) is 29.8 Å². The van der Waals surface area contributed by atoms with Crippen LogP contribution in [0.25, 0.3) is 0 Å². The van der Waals surface area contributed by atoms with Gasteiger partial charge in [0.15, 0.2) is 5.79 Å². The van der Waals surface area contributed by atoms with Crippen molar-refractivity contribution < 1.29 is 29.3 Å². The highest BCUT2D eigenvalue weighted by molar-refractivity contribution is 6.05. The van der Waals surface area contributed by atoms with E-state index in [4.69, 9.17) is 9.47 Å². The number of amides is 2. The Labute approximate surface area is 182 Å². The first kappa shape index (κ1) is 20.9. The molecule has 31 heavy (non-hydrogen) atoms. The molecule has 2 aliphatic carbocycles. The van der Waals surface area contributed by atoms with Gasteiger partial charge in [0.25, 0.3) is 0 Å². The number of imide groups is 1. The van der Waals surface area contributed by atoms with Gasteiger partial charge in [0.1, 0.15) is 5.75 Å². The summed E-state index contributed by atoms with van der Waals surface area (Å²) < 4.78 is 11.6. The van der Waals surface area contributed by atoms with Crippen molar-refractivity contribution in [3.8, 4) is 5.75 Å². The highest BCUT2D eigenvalue weighted by Crippen LogP contribution is 2.59. The quantitative estimate of drug-likeness (QED) is 0.715. The van der Waals surface area contributed by atoms with Gasteiger partial charge >= 0.3 is 0 Å². The van der Waals surface area contributed by atoms with Crippen LogP contribution in [0, 0.1) is 23.7 Å². The van der Waals surface area contributed by atoms with Crippen LogP contribution in [-0.2, 0) is 19.1 Å². The number of hydrogen-bond donors (Lipinski definition) is 2. The van der Waals surface area contributed by atoms with E-state index in [2.05, 4.69) is 0 Å². The largest absolute Gasteiger partial charge is 0.508 e. The van der Waals surface area contributed by atoms with Gasteiger partial charge in [-0.1, -0.05) is 37.5 Å². The molecule has 2 saturated carbocycles. The molecule has 1 aromatic rings. The fraction of sp³-hybridized carbons (Fsp3) is 0.667. The smallest absolute Gasteiger partial charge is 0.233 e. The van der Waals surface area contributed by atoms with E-state index < -0.39 is 35.6 Å². The average Bonchev–Trinajstić information content (AvgIpc) is 3.24. The Hall–Kier alpha value is -1.96. The highest BCUT2D eigenvalue weighted by Gasteiger charge is 2.67. The number of likely N-dealkylation sites (tertiary alicyclic amines) is 1. The Bertz CT molecular complexity index is 867. The lowest BCUT2D eigenvalue weighted by Crippen LogP contribution is -2.54. The number of phenols is 1. The van der Waals surface area contributed by atoms with Crippen LogP contribution in [0.5, 0.6) is 5.75 Å². The molecule has 5 rings (SSSR count). The topological polar surface area (TPSA) is 96.3 Å². The summed E-state index contributed by atoms with van der Waals surface area (Å²) >= 11 is 0. The molecule has 6 atom stereocenters. The first-order valence-electron chi connectivity index (χ1n) is 11.5. The van der Waals surface area contributed by atoms with Gasteiger partial charge < -0.3 is 19.7 Å². The molecule has 4 fully saturated rings. The molecule has 2 N–H and O–H groups in total. The van der Waals surface area contributed by atoms with E-state index in [0.29, 0.717) is 18.4 Å². The van der Waals surface area contributed by atoms with Gasteiger partial charge in [-0.05, 0) is 31.7 Å². The van der Waals surface area contributed by atoms with Gasteiger partial charge in [-0.3, -0.25) is 14.5 Å². The van der Waals surface area contributed by atoms with E-state index in [1.807, 2.05) is 6.07 Å². The number of ether oxygens (including phenoxy) is 2. The molecule has 2 heterocycles. The van der Waals surface area contributed by atoms with Crippen molar-refractivity contribution in [2.45, 2.75) is 62.9 Å². The monoisotopic (exact) mass is 429 g/mol. The van der Waals surface area contributed by atoms with Gasteiger partial charge in [-0.25, -0.2) is 0 Å². The first-order chi connectivity index (χ1) is 15.0. The van der Waals surface area contributed by atoms with Crippen molar-refractivity contribution in [2.75, 3.05) is 13.7 Å². The lowest BCUT2D eigenvalue weighted by Gasteiger charge is -2.44. The van der Waals surface area contributed by atoms with E-state index >= 15 is 0 Å². The number of nitrogens with zero attached hydrogens (tertiary/aromatic N) is 1. The Morgan fingerprint density at radius 3 is 2.58 bits per heavy atom. The van der Waals surface area contributed by atoms with Crippen molar-refractivity contribution in [1.82, 2.24) is 4.90 Å². The number of methoxy groups -OCH3 is 1. The van der Waals surface area contributed by atoms with Gasteiger partial charge in [0, 0.05) is 30.6 Å². The van der Waals surface area contributed by atoms with Crippen LogP contribution in [-0.4, -0.2) is 52.5 Å². The average molecular weight is 430 g/mol. The predicted octanol–water partition coefficient (Wildman–Crippen LogP) is 2.76. The molecular formula is C24H31NO6. The number of phenolic OH excluding ortho intramolecular Hbond substituents is 1. The maximum Gasteiger partial charge on any atom is 0.233 e. The fourth-order valence-corrected chi connectivity index (χ4v) is 6.55. The molecule has 0 bridgehead atoms. The second-order valence-electron chi connectivity index (χ2n) is 9.62. The molecule has 7 nitrogen and oxygen atoms in total. The number of benzene rings is 1. The summed E-state index contributed by atoms with van der Waals surface area (Å²) in [6.45, 7) is 0.245. The van der Waals surface area contributed by atoms with E-state index in [9.17, 15) is 19.8 Å². The summed E-state index contributed by atoms with van der Waals surface area (Å²) in [5.41, 5.74) is 0.596. The minimum Gasteiger partial charge on any atom is -0.508 e. The number of para-hydroxylation sites is 1. The maximum atomic E-state index is 13.6. The summed E-state index contributed by atoms with van der Waals surface area (Å²) in [6, 6.07) is 6.90. The molecule has 1 aromatic carbocycles.